The van der Waals surface area contributed by atoms with E-state index < -0.39 is 66.6 Å². The number of rotatable bonds is 8. The largest absolute Gasteiger partial charge is 0.490 e. The fraction of sp³-hybridized carbons (Fsp3) is 0.833. The van der Waals surface area contributed by atoms with Gasteiger partial charge < -0.3 is 34.5 Å². The van der Waals surface area contributed by atoms with Crippen LogP contribution in [-0.2, 0) is 42.9 Å². The van der Waals surface area contributed by atoms with Crippen molar-refractivity contribution in [3.63, 3.8) is 0 Å². The van der Waals surface area contributed by atoms with Crippen LogP contribution in [0.5, 0.6) is 0 Å². The van der Waals surface area contributed by atoms with Gasteiger partial charge in [-0.3, -0.25) is 9.63 Å². The molecule has 2 rings (SSSR count). The summed E-state index contributed by atoms with van der Waals surface area (Å²) < 4.78 is 59.2. The van der Waals surface area contributed by atoms with Crippen LogP contribution in [0.25, 0.3) is 0 Å². The second kappa shape index (κ2) is 11.9. The van der Waals surface area contributed by atoms with Crippen LogP contribution < -0.4 is 11.2 Å². The lowest BCUT2D eigenvalue weighted by Crippen LogP contribution is -2.48. The van der Waals surface area contributed by atoms with Crippen molar-refractivity contribution in [3.05, 3.63) is 0 Å². The highest BCUT2D eigenvalue weighted by Crippen LogP contribution is 2.39. The lowest BCUT2D eigenvalue weighted by Gasteiger charge is -2.28. The van der Waals surface area contributed by atoms with E-state index in [1.807, 2.05) is 0 Å². The molecule has 1 amide bonds. The number of carboxylic acids is 1. The van der Waals surface area contributed by atoms with Gasteiger partial charge in [-0.15, -0.1) is 0 Å². The lowest BCUT2D eigenvalue weighted by molar-refractivity contribution is -0.219. The smallest absolute Gasteiger partial charge is 0.475 e. The third kappa shape index (κ3) is 8.68. The topological polar surface area (TPSA) is 165 Å². The van der Waals surface area contributed by atoms with E-state index in [4.69, 9.17) is 44.2 Å². The standard InChI is InChI=1S/C16H28N2O8.C2HF3O2/c1-6-22-14(20)8(2)26-18-10(19)7-9(17)11-12(21-5)13-15(23-11)25-16(3,4)24-13;3-2(4,5)1(6)7/h8-9,11-13,15H,6-7,17H2,1-5H3,(H,18,19);(H,6,7)/t8-,9+,11-,12+,13-,15-;/m1./s1. The zero-order chi connectivity index (χ0) is 25.6. The number of alkyl halides is 3. The number of amides is 1. The van der Waals surface area contributed by atoms with E-state index in [9.17, 15) is 22.8 Å². The summed E-state index contributed by atoms with van der Waals surface area (Å²) in [5.41, 5.74) is 8.30. The maximum absolute atomic E-state index is 12.0. The molecule has 4 N–H and O–H groups in total. The SMILES string of the molecule is CCOC(=O)[C@@H](C)ONC(=O)C[C@H](N)[C@H]1O[C@@H]2OC(C)(C)O[C@@H]2[C@H]1OC.O=C(O)C(F)(F)F. The van der Waals surface area contributed by atoms with Gasteiger partial charge in [-0.1, -0.05) is 0 Å². The molecule has 2 aliphatic rings. The van der Waals surface area contributed by atoms with Crippen molar-refractivity contribution < 1.29 is 61.2 Å². The van der Waals surface area contributed by atoms with Crippen LogP contribution in [0.15, 0.2) is 0 Å². The molecule has 0 aromatic heterocycles. The van der Waals surface area contributed by atoms with Gasteiger partial charge in [0, 0.05) is 19.6 Å². The molecule has 0 saturated carbocycles. The number of hydrogen-bond donors (Lipinski definition) is 3. The molecule has 2 saturated heterocycles. The van der Waals surface area contributed by atoms with E-state index in [1.165, 1.54) is 14.0 Å². The minimum absolute atomic E-state index is 0.0943. The number of carboxylic acid groups (broad SMARTS) is 1. The second-order valence-electron chi connectivity index (χ2n) is 7.48. The molecule has 2 aliphatic heterocycles. The summed E-state index contributed by atoms with van der Waals surface area (Å²) in [6, 6.07) is -0.678. The number of aliphatic carboxylic acids is 1. The Labute approximate surface area is 187 Å². The minimum Gasteiger partial charge on any atom is -0.475 e. The summed E-state index contributed by atoms with van der Waals surface area (Å²) >= 11 is 0. The van der Waals surface area contributed by atoms with Crippen molar-refractivity contribution in [2.45, 2.75) is 82.8 Å². The van der Waals surface area contributed by atoms with Gasteiger partial charge in [0.15, 0.2) is 18.2 Å². The molecule has 0 aromatic carbocycles. The molecule has 6 atom stereocenters. The van der Waals surface area contributed by atoms with E-state index in [0.717, 1.165) is 0 Å². The summed E-state index contributed by atoms with van der Waals surface area (Å²) in [7, 11) is 1.52. The van der Waals surface area contributed by atoms with Crippen LogP contribution in [0.3, 0.4) is 0 Å². The summed E-state index contributed by atoms with van der Waals surface area (Å²) in [6.07, 6.45) is -8.18. The number of hydrogen-bond acceptors (Lipinski definition) is 10. The Morgan fingerprint density at radius 3 is 2.30 bits per heavy atom. The number of carbonyl (C=O) groups is 3. The Morgan fingerprint density at radius 1 is 1.24 bits per heavy atom. The Bertz CT molecular complexity index is 691. The predicted molar refractivity (Wildman–Crippen MR) is 101 cm³/mol. The molecule has 12 nitrogen and oxygen atoms in total. The van der Waals surface area contributed by atoms with E-state index in [1.54, 1.807) is 20.8 Å². The highest BCUT2D eigenvalue weighted by Gasteiger charge is 2.56. The zero-order valence-corrected chi connectivity index (χ0v) is 18.7. The van der Waals surface area contributed by atoms with Gasteiger partial charge in [-0.25, -0.2) is 15.1 Å². The van der Waals surface area contributed by atoms with Crippen molar-refractivity contribution in [1.82, 2.24) is 5.48 Å². The minimum atomic E-state index is -5.08. The Morgan fingerprint density at radius 2 is 1.82 bits per heavy atom. The summed E-state index contributed by atoms with van der Waals surface area (Å²) in [4.78, 5) is 37.3. The molecule has 0 aliphatic carbocycles. The van der Waals surface area contributed by atoms with Crippen LogP contribution in [0.1, 0.15) is 34.1 Å². The first kappa shape index (κ1) is 29.0. The molecule has 33 heavy (non-hydrogen) atoms. The number of hydroxylamine groups is 1. The first-order chi connectivity index (χ1) is 15.1. The molecule has 0 radical (unpaired) electrons. The average molecular weight is 490 g/mol. The quantitative estimate of drug-likeness (QED) is 0.315. The maximum atomic E-state index is 12.0. The van der Waals surface area contributed by atoms with Gasteiger partial charge in [0.25, 0.3) is 0 Å². The maximum Gasteiger partial charge on any atom is 0.490 e. The fourth-order valence-electron chi connectivity index (χ4n) is 2.95. The number of fused-ring (bicyclic) bond motifs is 1. The Balaban J connectivity index is 0.000000675. The van der Waals surface area contributed by atoms with Gasteiger partial charge in [-0.2, -0.15) is 13.2 Å². The summed E-state index contributed by atoms with van der Waals surface area (Å²) in [6.45, 7) is 6.94. The molecular formula is C18H29F3N2O10. The van der Waals surface area contributed by atoms with Crippen LogP contribution in [0, 0.1) is 0 Å². The molecule has 15 heteroatoms. The van der Waals surface area contributed by atoms with Gasteiger partial charge >= 0.3 is 18.1 Å². The average Bonchev–Trinajstić information content (AvgIpc) is 3.17. The van der Waals surface area contributed by atoms with Gasteiger partial charge in [-0.05, 0) is 27.7 Å². The van der Waals surface area contributed by atoms with Gasteiger partial charge in [0.05, 0.1) is 6.61 Å². The van der Waals surface area contributed by atoms with Crippen LogP contribution >= 0.6 is 0 Å². The third-order valence-electron chi connectivity index (χ3n) is 4.35. The van der Waals surface area contributed by atoms with Crippen LogP contribution in [0.4, 0.5) is 13.2 Å². The van der Waals surface area contributed by atoms with Crippen LogP contribution in [-0.4, -0.2) is 85.4 Å². The number of methoxy groups -OCH3 is 1. The molecule has 0 aromatic rings. The number of ether oxygens (including phenoxy) is 5. The van der Waals surface area contributed by atoms with Crippen LogP contribution in [0.2, 0.25) is 0 Å². The number of carbonyl (C=O) groups excluding carboxylic acids is 2. The van der Waals surface area contributed by atoms with Crippen molar-refractivity contribution in [2.75, 3.05) is 13.7 Å². The third-order valence-corrected chi connectivity index (χ3v) is 4.35. The Hall–Kier alpha value is -2.04. The molecule has 2 fully saturated rings. The molecule has 0 bridgehead atoms. The molecule has 0 spiro atoms. The number of nitrogens with one attached hydrogen (secondary N) is 1. The first-order valence-electron chi connectivity index (χ1n) is 9.83. The van der Waals surface area contributed by atoms with E-state index >= 15 is 0 Å². The molecular weight excluding hydrogens is 461 g/mol. The lowest BCUT2D eigenvalue weighted by atomic mass is 10.0. The number of esters is 1. The van der Waals surface area contributed by atoms with E-state index in [0.29, 0.717) is 0 Å². The zero-order valence-electron chi connectivity index (χ0n) is 18.7. The summed E-state index contributed by atoms with van der Waals surface area (Å²) in [5.74, 6) is -4.59. The number of nitrogens with two attached hydrogens (primary N) is 1. The Kier molecular flexibility index (Phi) is 10.5. The highest BCUT2D eigenvalue weighted by molar-refractivity contribution is 5.77. The monoisotopic (exact) mass is 490 g/mol. The molecule has 192 valence electrons. The van der Waals surface area contributed by atoms with Crippen molar-refractivity contribution in [2.24, 2.45) is 5.73 Å². The van der Waals surface area contributed by atoms with E-state index in [2.05, 4.69) is 5.48 Å². The normalized spacial score (nSPS) is 27.5. The van der Waals surface area contributed by atoms with Gasteiger partial charge in [0.2, 0.25) is 5.91 Å². The fourth-order valence-corrected chi connectivity index (χ4v) is 2.95. The molecule has 2 heterocycles. The summed E-state index contributed by atoms with van der Waals surface area (Å²) in [5, 5.41) is 7.12. The predicted octanol–water partition coefficient (Wildman–Crippen LogP) is 0.228. The highest BCUT2D eigenvalue weighted by atomic mass is 19.4. The number of halogens is 3. The first-order valence-corrected chi connectivity index (χ1v) is 9.83. The van der Waals surface area contributed by atoms with Crippen molar-refractivity contribution in [1.29, 1.82) is 0 Å². The van der Waals surface area contributed by atoms with Gasteiger partial charge in [0.1, 0.15) is 18.3 Å². The molecule has 0 unspecified atom stereocenters. The second-order valence-corrected chi connectivity index (χ2v) is 7.48. The van der Waals surface area contributed by atoms with Crippen molar-refractivity contribution >= 4 is 17.8 Å². The van der Waals surface area contributed by atoms with E-state index in [-0.39, 0.29) is 13.0 Å². The van der Waals surface area contributed by atoms with Crippen molar-refractivity contribution in [3.8, 4) is 0 Å².